The number of aliphatic imine (C=N–C) groups is 1. The van der Waals surface area contributed by atoms with Crippen molar-refractivity contribution in [2.24, 2.45) is 4.99 Å². The molecule has 0 aromatic heterocycles. The summed E-state index contributed by atoms with van der Waals surface area (Å²) < 4.78 is 40.0. The summed E-state index contributed by atoms with van der Waals surface area (Å²) in [6, 6.07) is 29.3. The van der Waals surface area contributed by atoms with E-state index in [1.807, 2.05) is 60.7 Å². The van der Waals surface area contributed by atoms with Crippen LogP contribution in [0.3, 0.4) is 0 Å². The number of halogens is 2. The quantitative estimate of drug-likeness (QED) is 0.238. The number of hydrogen-bond donors (Lipinski definition) is 2. The second kappa shape index (κ2) is 12.7. The zero-order chi connectivity index (χ0) is 28.7. The minimum absolute atomic E-state index is 0.0446. The average molecular weight is 557 g/mol. The van der Waals surface area contributed by atoms with Gasteiger partial charge >= 0.3 is 0 Å². The number of benzene rings is 4. The smallest absolute Gasteiger partial charge is 0.252 e. The Hall–Kier alpha value is -4.56. The van der Waals surface area contributed by atoms with Crippen LogP contribution < -0.4 is 10.1 Å². The van der Waals surface area contributed by atoms with Gasteiger partial charge in [-0.05, 0) is 41.5 Å². The maximum Gasteiger partial charge on any atom is 0.252 e. The molecule has 0 bridgehead atoms. The van der Waals surface area contributed by atoms with Crippen molar-refractivity contribution in [1.82, 2.24) is 5.32 Å². The molecule has 1 aliphatic heterocycles. The minimum Gasteiger partial charge on any atom is -0.494 e. The van der Waals surface area contributed by atoms with Crippen LogP contribution >= 0.6 is 0 Å². The topological polar surface area (TPSA) is 80.2 Å². The van der Waals surface area contributed by atoms with Crippen molar-refractivity contribution in [3.8, 4) is 5.75 Å². The number of nitrogens with zero attached hydrogens (tertiary/aromatic N) is 1. The van der Waals surface area contributed by atoms with E-state index in [4.69, 9.17) is 19.6 Å². The number of ether oxygens (including phenoxy) is 2. The zero-order valence-corrected chi connectivity index (χ0v) is 22.3. The van der Waals surface area contributed by atoms with Gasteiger partial charge in [-0.1, -0.05) is 66.7 Å². The van der Waals surface area contributed by atoms with E-state index in [0.29, 0.717) is 30.2 Å². The molecule has 0 fully saturated rings. The van der Waals surface area contributed by atoms with Crippen LogP contribution in [0.2, 0.25) is 0 Å². The molecule has 41 heavy (non-hydrogen) atoms. The Morgan fingerprint density at radius 1 is 0.951 bits per heavy atom. The summed E-state index contributed by atoms with van der Waals surface area (Å²) in [4.78, 5) is 19.1. The summed E-state index contributed by atoms with van der Waals surface area (Å²) >= 11 is 0. The highest BCUT2D eigenvalue weighted by Gasteiger charge is 2.53. The molecule has 2 atom stereocenters. The average Bonchev–Trinajstić information content (AvgIpc) is 3.38. The molecule has 4 aromatic carbocycles. The van der Waals surface area contributed by atoms with E-state index < -0.39 is 29.2 Å². The Labute approximate surface area is 237 Å². The zero-order valence-electron chi connectivity index (χ0n) is 22.3. The molecule has 1 aliphatic rings. The van der Waals surface area contributed by atoms with Crippen LogP contribution in [0.15, 0.2) is 108 Å². The molecule has 0 aliphatic carbocycles. The van der Waals surface area contributed by atoms with E-state index >= 15 is 0 Å². The summed E-state index contributed by atoms with van der Waals surface area (Å²) in [7, 11) is 0. The first-order valence-corrected chi connectivity index (χ1v) is 13.4. The molecule has 0 spiro atoms. The number of aliphatic hydroxyl groups excluding tert-OH is 1. The van der Waals surface area contributed by atoms with Crippen molar-refractivity contribution < 1.29 is 28.2 Å². The van der Waals surface area contributed by atoms with Crippen LogP contribution in [-0.2, 0) is 22.5 Å². The lowest BCUT2D eigenvalue weighted by Gasteiger charge is -2.31. The van der Waals surface area contributed by atoms with Crippen molar-refractivity contribution in [3.05, 3.63) is 137 Å². The molecular weight excluding hydrogens is 526 g/mol. The third-order valence-electron chi connectivity index (χ3n) is 6.90. The van der Waals surface area contributed by atoms with Crippen LogP contribution in [0.5, 0.6) is 5.75 Å². The third-order valence-corrected chi connectivity index (χ3v) is 6.90. The van der Waals surface area contributed by atoms with Crippen LogP contribution in [0.4, 0.5) is 8.78 Å². The number of aliphatic hydroxyl groups is 1. The van der Waals surface area contributed by atoms with Gasteiger partial charge in [-0.2, -0.15) is 0 Å². The fraction of sp³-hybridized carbons (Fsp3) is 0.212. The van der Waals surface area contributed by atoms with Crippen molar-refractivity contribution in [2.45, 2.75) is 31.0 Å². The molecule has 0 unspecified atom stereocenters. The van der Waals surface area contributed by atoms with Crippen LogP contribution in [0, 0.1) is 11.6 Å². The first-order valence-electron chi connectivity index (χ1n) is 13.4. The van der Waals surface area contributed by atoms with Gasteiger partial charge in [0, 0.05) is 43.2 Å². The van der Waals surface area contributed by atoms with Gasteiger partial charge in [-0.25, -0.2) is 13.8 Å². The minimum atomic E-state index is -1.43. The highest BCUT2D eigenvalue weighted by molar-refractivity contribution is 6.01. The second-order valence-corrected chi connectivity index (χ2v) is 9.78. The van der Waals surface area contributed by atoms with Crippen molar-refractivity contribution in [3.63, 3.8) is 0 Å². The third kappa shape index (κ3) is 6.44. The largest absolute Gasteiger partial charge is 0.494 e. The molecule has 4 aromatic rings. The molecule has 0 radical (unpaired) electrons. The summed E-state index contributed by atoms with van der Waals surface area (Å²) in [5.41, 5.74) is 1.02. The molecule has 0 saturated carbocycles. The lowest BCUT2D eigenvalue weighted by molar-refractivity contribution is -0.129. The molecule has 2 N–H and O–H groups in total. The highest BCUT2D eigenvalue weighted by Crippen LogP contribution is 2.42. The normalized spacial score (nSPS) is 17.9. The Kier molecular flexibility index (Phi) is 8.70. The fourth-order valence-corrected chi connectivity index (χ4v) is 4.81. The SMILES string of the molecule is O=C(NCc1ccc(F)cc1F)[C@]1(Cc2ccccc2)N=C(c2ccc(OCCCO)cc2)O[C@@H]1c1ccccc1. The number of carbonyl (C=O) groups is 1. The number of carbonyl (C=O) groups excluding carboxylic acids is 1. The van der Waals surface area contributed by atoms with E-state index in [0.717, 1.165) is 23.3 Å². The van der Waals surface area contributed by atoms with Gasteiger partial charge in [0.2, 0.25) is 5.90 Å². The van der Waals surface area contributed by atoms with Gasteiger partial charge in [0.15, 0.2) is 11.6 Å². The first-order chi connectivity index (χ1) is 20.0. The standard InChI is InChI=1S/C33H30F2N2O4/c34-27-15-12-26(29(35)20-27)22-36-32(39)33(21-23-8-3-1-4-9-23)30(24-10-5-2-6-11-24)41-31(37-33)25-13-16-28(17-14-25)40-19-7-18-38/h1-6,8-17,20,30,38H,7,18-19,21-22H2,(H,36,39)/t30-,33-/m1/s1. The fourth-order valence-electron chi connectivity index (χ4n) is 4.81. The van der Waals surface area contributed by atoms with Crippen LogP contribution in [0.1, 0.15) is 34.8 Å². The van der Waals surface area contributed by atoms with Gasteiger partial charge in [0.05, 0.1) is 6.61 Å². The van der Waals surface area contributed by atoms with E-state index in [1.165, 1.54) is 6.07 Å². The van der Waals surface area contributed by atoms with Gasteiger partial charge in [0.25, 0.3) is 5.91 Å². The summed E-state index contributed by atoms with van der Waals surface area (Å²) in [5.74, 6) is -0.951. The second-order valence-electron chi connectivity index (χ2n) is 9.78. The maximum absolute atomic E-state index is 14.4. The molecule has 1 amide bonds. The van der Waals surface area contributed by atoms with Crippen molar-refractivity contribution >= 4 is 11.8 Å². The number of rotatable bonds is 11. The number of hydrogen-bond acceptors (Lipinski definition) is 5. The van der Waals surface area contributed by atoms with E-state index in [-0.39, 0.29) is 25.1 Å². The summed E-state index contributed by atoms with van der Waals surface area (Å²) in [5, 5.41) is 11.8. The number of amides is 1. The van der Waals surface area contributed by atoms with Crippen molar-refractivity contribution in [2.75, 3.05) is 13.2 Å². The molecule has 0 saturated heterocycles. The molecular formula is C33H30F2N2O4. The Balaban J connectivity index is 1.53. The molecule has 1 heterocycles. The van der Waals surface area contributed by atoms with Gasteiger partial charge in [-0.15, -0.1) is 0 Å². The molecule has 6 nitrogen and oxygen atoms in total. The van der Waals surface area contributed by atoms with Crippen molar-refractivity contribution in [1.29, 1.82) is 0 Å². The summed E-state index contributed by atoms with van der Waals surface area (Å²) in [6.07, 6.45) is -0.0378. The van der Waals surface area contributed by atoms with Crippen LogP contribution in [-0.4, -0.2) is 35.7 Å². The Bertz CT molecular complexity index is 1500. The highest BCUT2D eigenvalue weighted by atomic mass is 19.1. The predicted molar refractivity (Wildman–Crippen MR) is 152 cm³/mol. The molecule has 8 heteroatoms. The van der Waals surface area contributed by atoms with E-state index in [9.17, 15) is 13.6 Å². The van der Waals surface area contributed by atoms with E-state index in [2.05, 4.69) is 5.32 Å². The lowest BCUT2D eigenvalue weighted by atomic mass is 9.82. The first kappa shape index (κ1) is 28.0. The van der Waals surface area contributed by atoms with Gasteiger partial charge < -0.3 is 19.9 Å². The van der Waals surface area contributed by atoms with Gasteiger partial charge in [0.1, 0.15) is 17.4 Å². The lowest BCUT2D eigenvalue weighted by Crippen LogP contribution is -2.49. The summed E-state index contributed by atoms with van der Waals surface area (Å²) in [6.45, 7) is 0.287. The molecule has 5 rings (SSSR count). The Morgan fingerprint density at radius 3 is 2.34 bits per heavy atom. The van der Waals surface area contributed by atoms with Gasteiger partial charge in [-0.3, -0.25) is 4.79 Å². The van der Waals surface area contributed by atoms with Crippen LogP contribution in [0.25, 0.3) is 0 Å². The number of nitrogens with one attached hydrogen (secondary N) is 1. The van der Waals surface area contributed by atoms with E-state index in [1.54, 1.807) is 24.3 Å². The maximum atomic E-state index is 14.4. The molecule has 210 valence electrons. The monoisotopic (exact) mass is 556 g/mol. The Morgan fingerprint density at radius 2 is 1.66 bits per heavy atom. The predicted octanol–water partition coefficient (Wildman–Crippen LogP) is 5.54.